The van der Waals surface area contributed by atoms with Crippen LogP contribution in [0.2, 0.25) is 0 Å². The zero-order chi connectivity index (χ0) is 17.1. The van der Waals surface area contributed by atoms with Gasteiger partial charge < -0.3 is 10.1 Å². The van der Waals surface area contributed by atoms with Gasteiger partial charge in [0.05, 0.1) is 11.4 Å². The van der Waals surface area contributed by atoms with E-state index in [0.29, 0.717) is 5.92 Å². The van der Waals surface area contributed by atoms with Crippen molar-refractivity contribution in [2.45, 2.75) is 33.2 Å². The Morgan fingerprint density at radius 3 is 2.88 bits per heavy atom. The first-order valence-electron chi connectivity index (χ1n) is 8.22. The van der Waals surface area contributed by atoms with Crippen molar-refractivity contribution in [2.75, 3.05) is 18.5 Å². The van der Waals surface area contributed by atoms with Gasteiger partial charge in [-0.25, -0.2) is 0 Å². The summed E-state index contributed by atoms with van der Waals surface area (Å²) >= 11 is 3.60. The van der Waals surface area contributed by atoms with Crippen LogP contribution in [-0.4, -0.2) is 28.9 Å². The fourth-order valence-electron chi connectivity index (χ4n) is 3.07. The summed E-state index contributed by atoms with van der Waals surface area (Å²) in [6, 6.07) is 6.05. The zero-order valence-corrected chi connectivity index (χ0v) is 15.6. The van der Waals surface area contributed by atoms with Crippen LogP contribution in [-0.2, 0) is 16.1 Å². The van der Waals surface area contributed by atoms with E-state index in [2.05, 4.69) is 32.4 Å². The van der Waals surface area contributed by atoms with Crippen molar-refractivity contribution in [1.29, 1.82) is 0 Å². The first-order valence-corrected chi connectivity index (χ1v) is 9.01. The monoisotopic (exact) mass is 391 g/mol. The fourth-order valence-corrected chi connectivity index (χ4v) is 3.41. The maximum Gasteiger partial charge on any atom is 0.221 e. The Labute approximate surface area is 150 Å². The van der Waals surface area contributed by atoms with Gasteiger partial charge in [-0.2, -0.15) is 5.10 Å². The molecule has 5 nitrogen and oxygen atoms in total. The lowest BCUT2D eigenvalue weighted by molar-refractivity contribution is -0.114. The number of carbonyl (C=O) groups excluding carboxylic acids is 1. The van der Waals surface area contributed by atoms with Crippen LogP contribution in [0.3, 0.4) is 0 Å². The highest BCUT2D eigenvalue weighted by Crippen LogP contribution is 2.34. The lowest BCUT2D eigenvalue weighted by Crippen LogP contribution is -2.21. The van der Waals surface area contributed by atoms with Gasteiger partial charge in [-0.05, 0) is 49.4 Å². The molecule has 3 rings (SSSR count). The number of aromatic nitrogens is 2. The molecular formula is C18H22BrN3O2. The molecule has 0 saturated carbocycles. The summed E-state index contributed by atoms with van der Waals surface area (Å²) in [6.45, 7) is 6.07. The summed E-state index contributed by atoms with van der Waals surface area (Å²) in [5, 5.41) is 7.45. The second kappa shape index (κ2) is 7.49. The van der Waals surface area contributed by atoms with Crippen LogP contribution in [0.1, 0.15) is 25.3 Å². The molecule has 1 N–H and O–H groups in total. The molecule has 6 heteroatoms. The Bertz CT molecular complexity index is 736. The second-order valence-electron chi connectivity index (χ2n) is 6.28. The summed E-state index contributed by atoms with van der Waals surface area (Å²) in [7, 11) is 0. The average Bonchev–Trinajstić information content (AvgIpc) is 2.99. The summed E-state index contributed by atoms with van der Waals surface area (Å²) in [5.41, 5.74) is 3.90. The maximum absolute atomic E-state index is 11.6. The van der Waals surface area contributed by atoms with Crippen LogP contribution in [0.15, 0.2) is 28.9 Å². The molecule has 0 spiro atoms. The Balaban J connectivity index is 1.95. The summed E-state index contributed by atoms with van der Waals surface area (Å²) in [5.74, 6) is 0.504. The lowest BCUT2D eigenvalue weighted by atomic mass is 10.00. The quantitative estimate of drug-likeness (QED) is 0.856. The summed E-state index contributed by atoms with van der Waals surface area (Å²) in [4.78, 5) is 11.6. The first kappa shape index (κ1) is 17.2. The Kier molecular flexibility index (Phi) is 5.36. The number of amides is 1. The molecule has 1 aliphatic heterocycles. The summed E-state index contributed by atoms with van der Waals surface area (Å²) in [6.07, 6.45) is 3.95. The number of halogens is 1. The molecule has 1 aliphatic rings. The van der Waals surface area contributed by atoms with Crippen LogP contribution >= 0.6 is 15.9 Å². The van der Waals surface area contributed by atoms with Gasteiger partial charge in [0.2, 0.25) is 5.91 Å². The van der Waals surface area contributed by atoms with E-state index in [1.165, 1.54) is 6.92 Å². The molecule has 0 atom stereocenters. The molecule has 0 radical (unpaired) electrons. The number of carbonyl (C=O) groups is 1. The number of aryl methyl sites for hydroxylation is 1. The van der Waals surface area contributed by atoms with Crippen molar-refractivity contribution >= 4 is 27.5 Å². The van der Waals surface area contributed by atoms with Crippen LogP contribution in [0.5, 0.6) is 0 Å². The molecule has 1 aromatic carbocycles. The van der Waals surface area contributed by atoms with E-state index in [0.717, 1.165) is 59.6 Å². The van der Waals surface area contributed by atoms with Crippen molar-refractivity contribution in [1.82, 2.24) is 9.78 Å². The van der Waals surface area contributed by atoms with Gasteiger partial charge in [0.25, 0.3) is 0 Å². The van der Waals surface area contributed by atoms with Crippen molar-refractivity contribution in [3.05, 3.63) is 34.4 Å². The Morgan fingerprint density at radius 2 is 2.17 bits per heavy atom. The third-order valence-corrected chi connectivity index (χ3v) is 5.23. The van der Waals surface area contributed by atoms with Crippen molar-refractivity contribution in [2.24, 2.45) is 5.92 Å². The standard InChI is InChI=1S/C18H22BrN3O2/c1-12-9-17(21-13(2)23)15(10-16(12)19)18-3-6-20-22(18)11-14-4-7-24-8-5-14/h3,6,9-10,14H,4-5,7-8,11H2,1-2H3,(H,21,23). The topological polar surface area (TPSA) is 56.2 Å². The summed E-state index contributed by atoms with van der Waals surface area (Å²) < 4.78 is 8.50. The maximum atomic E-state index is 11.6. The number of nitrogens with zero attached hydrogens (tertiary/aromatic N) is 2. The number of rotatable bonds is 4. The van der Waals surface area contributed by atoms with Gasteiger partial charge in [-0.3, -0.25) is 9.48 Å². The van der Waals surface area contributed by atoms with E-state index in [4.69, 9.17) is 4.74 Å². The lowest BCUT2D eigenvalue weighted by Gasteiger charge is -2.23. The minimum absolute atomic E-state index is 0.0755. The Hall–Kier alpha value is -1.66. The van der Waals surface area contributed by atoms with Gasteiger partial charge in [0.15, 0.2) is 0 Å². The molecular weight excluding hydrogens is 370 g/mol. The molecule has 2 heterocycles. The van der Waals surface area contributed by atoms with Gasteiger partial charge in [-0.1, -0.05) is 15.9 Å². The number of nitrogens with one attached hydrogen (secondary N) is 1. The molecule has 24 heavy (non-hydrogen) atoms. The molecule has 0 bridgehead atoms. The van der Waals surface area contributed by atoms with Crippen LogP contribution < -0.4 is 5.32 Å². The highest BCUT2D eigenvalue weighted by Gasteiger charge is 2.18. The van der Waals surface area contributed by atoms with Crippen molar-refractivity contribution in [3.63, 3.8) is 0 Å². The van der Waals surface area contributed by atoms with Crippen molar-refractivity contribution < 1.29 is 9.53 Å². The highest BCUT2D eigenvalue weighted by atomic mass is 79.9. The Morgan fingerprint density at radius 1 is 1.42 bits per heavy atom. The zero-order valence-electron chi connectivity index (χ0n) is 14.0. The number of hydrogen-bond donors (Lipinski definition) is 1. The molecule has 1 amide bonds. The third kappa shape index (κ3) is 3.87. The van der Waals surface area contributed by atoms with E-state index in [1.54, 1.807) is 0 Å². The van der Waals surface area contributed by atoms with Gasteiger partial charge in [0, 0.05) is 42.9 Å². The SMILES string of the molecule is CC(=O)Nc1cc(C)c(Br)cc1-c1ccnn1CC1CCOCC1. The van der Waals surface area contributed by atoms with Crippen LogP contribution in [0.4, 0.5) is 5.69 Å². The molecule has 0 aliphatic carbocycles. The molecule has 1 aromatic heterocycles. The number of ether oxygens (including phenoxy) is 1. The third-order valence-electron chi connectivity index (χ3n) is 4.37. The normalized spacial score (nSPS) is 15.5. The van der Waals surface area contributed by atoms with Crippen LogP contribution in [0.25, 0.3) is 11.3 Å². The predicted octanol–water partition coefficient (Wildman–Crippen LogP) is 4.01. The van der Waals surface area contributed by atoms with E-state index in [1.807, 2.05) is 29.9 Å². The van der Waals surface area contributed by atoms with Gasteiger partial charge in [0.1, 0.15) is 0 Å². The van der Waals surface area contributed by atoms with E-state index in [-0.39, 0.29) is 5.91 Å². The smallest absolute Gasteiger partial charge is 0.221 e. The minimum Gasteiger partial charge on any atom is -0.381 e. The first-order chi connectivity index (χ1) is 11.5. The second-order valence-corrected chi connectivity index (χ2v) is 7.14. The van der Waals surface area contributed by atoms with E-state index < -0.39 is 0 Å². The number of hydrogen-bond acceptors (Lipinski definition) is 3. The molecule has 128 valence electrons. The van der Waals surface area contributed by atoms with Crippen molar-refractivity contribution in [3.8, 4) is 11.3 Å². The highest BCUT2D eigenvalue weighted by molar-refractivity contribution is 9.10. The molecule has 0 unspecified atom stereocenters. The largest absolute Gasteiger partial charge is 0.381 e. The van der Waals surface area contributed by atoms with E-state index >= 15 is 0 Å². The van der Waals surface area contributed by atoms with Crippen LogP contribution in [0, 0.1) is 12.8 Å². The number of anilines is 1. The number of benzene rings is 1. The molecule has 2 aromatic rings. The van der Waals surface area contributed by atoms with Gasteiger partial charge in [-0.15, -0.1) is 0 Å². The fraction of sp³-hybridized carbons (Fsp3) is 0.444. The van der Waals surface area contributed by atoms with Gasteiger partial charge >= 0.3 is 0 Å². The van der Waals surface area contributed by atoms with E-state index in [9.17, 15) is 4.79 Å². The predicted molar refractivity (Wildman–Crippen MR) is 97.9 cm³/mol. The molecule has 1 fully saturated rings. The average molecular weight is 392 g/mol. The molecule has 1 saturated heterocycles. The minimum atomic E-state index is -0.0755.